The van der Waals surface area contributed by atoms with E-state index in [0.717, 1.165) is 15.5 Å². The van der Waals surface area contributed by atoms with Crippen molar-refractivity contribution in [3.63, 3.8) is 0 Å². The summed E-state index contributed by atoms with van der Waals surface area (Å²) >= 11 is 3.69. The Hall–Kier alpha value is -1.07. The maximum absolute atomic E-state index is 11.5. The van der Waals surface area contributed by atoms with E-state index in [0.29, 0.717) is 11.5 Å². The second kappa shape index (κ2) is 5.61. The third-order valence-corrected chi connectivity index (χ3v) is 5.84. The second-order valence-electron chi connectivity index (χ2n) is 6.14. The van der Waals surface area contributed by atoms with Gasteiger partial charge in [-0.25, -0.2) is 4.79 Å². The molecule has 1 atom stereocenters. The Morgan fingerprint density at radius 1 is 1.29 bits per heavy atom. The van der Waals surface area contributed by atoms with Gasteiger partial charge in [-0.1, -0.05) is 35.7 Å². The van der Waals surface area contributed by atoms with Crippen molar-refractivity contribution in [3.8, 4) is 0 Å². The molecule has 114 valence electrons. The first-order valence-corrected chi connectivity index (χ1v) is 8.47. The van der Waals surface area contributed by atoms with Crippen LogP contribution in [0.15, 0.2) is 21.4 Å². The summed E-state index contributed by atoms with van der Waals surface area (Å²) in [6, 6.07) is 4.42. The molecule has 0 radical (unpaired) electrons. The maximum atomic E-state index is 11.5. The first-order chi connectivity index (χ1) is 10.1. The number of aromatic amines is 2. The minimum atomic E-state index is -0.152. The van der Waals surface area contributed by atoms with Crippen molar-refractivity contribution in [1.29, 1.82) is 0 Å². The predicted molar refractivity (Wildman–Crippen MR) is 89.6 cm³/mol. The topological polar surface area (TPSA) is 60.7 Å². The van der Waals surface area contributed by atoms with Crippen molar-refractivity contribution in [2.24, 2.45) is 5.41 Å². The average Bonchev–Trinajstić information content (AvgIpc) is 3.06. The summed E-state index contributed by atoms with van der Waals surface area (Å²) in [5, 5.41) is 3.53. The van der Waals surface area contributed by atoms with Gasteiger partial charge >= 0.3 is 5.69 Å². The lowest BCUT2D eigenvalue weighted by Gasteiger charge is -2.37. The van der Waals surface area contributed by atoms with Gasteiger partial charge in [-0.05, 0) is 49.4 Å². The smallest absolute Gasteiger partial charge is 0.312 e. The lowest BCUT2D eigenvalue weighted by molar-refractivity contribution is 0.195. The minimum Gasteiger partial charge on any atom is -0.312 e. The van der Waals surface area contributed by atoms with Crippen molar-refractivity contribution in [1.82, 2.24) is 15.3 Å². The molecule has 0 saturated heterocycles. The van der Waals surface area contributed by atoms with Crippen LogP contribution < -0.4 is 11.0 Å². The van der Waals surface area contributed by atoms with Gasteiger partial charge in [0.25, 0.3) is 0 Å². The highest BCUT2D eigenvalue weighted by Gasteiger charge is 2.40. The maximum Gasteiger partial charge on any atom is 0.323 e. The Morgan fingerprint density at radius 2 is 1.90 bits per heavy atom. The van der Waals surface area contributed by atoms with Crippen LogP contribution in [0.5, 0.6) is 0 Å². The Morgan fingerprint density at radius 3 is 2.48 bits per heavy atom. The standard InChI is InChI=1S/C16H22BrN3O/c1-3-16(6-4-5-7-16)14(18-2)10-8-12-13(9-11(10)17)20-15(21)19-12/h8-9,14,18H,3-7H2,1-2H3,(H2,19,20,21). The number of hydrogen-bond donors (Lipinski definition) is 3. The summed E-state index contributed by atoms with van der Waals surface area (Å²) in [5.41, 5.74) is 3.14. The van der Waals surface area contributed by atoms with Gasteiger partial charge in [0, 0.05) is 10.5 Å². The molecule has 0 bridgehead atoms. The molecule has 1 heterocycles. The zero-order chi connectivity index (χ0) is 15.0. The van der Waals surface area contributed by atoms with E-state index in [4.69, 9.17) is 0 Å². The number of rotatable bonds is 4. The third kappa shape index (κ3) is 2.46. The lowest BCUT2D eigenvalue weighted by Crippen LogP contribution is -2.34. The molecule has 1 saturated carbocycles. The van der Waals surface area contributed by atoms with Gasteiger partial charge in [-0.15, -0.1) is 0 Å². The van der Waals surface area contributed by atoms with Crippen LogP contribution in [0, 0.1) is 5.41 Å². The van der Waals surface area contributed by atoms with Gasteiger partial charge in [-0.3, -0.25) is 0 Å². The van der Waals surface area contributed by atoms with Crippen molar-refractivity contribution >= 4 is 27.0 Å². The summed E-state index contributed by atoms with van der Waals surface area (Å²) in [6.45, 7) is 2.29. The number of halogens is 1. The summed E-state index contributed by atoms with van der Waals surface area (Å²) in [4.78, 5) is 17.2. The van der Waals surface area contributed by atoms with E-state index in [9.17, 15) is 4.79 Å². The Labute approximate surface area is 132 Å². The summed E-state index contributed by atoms with van der Waals surface area (Å²) in [6.07, 6.45) is 6.33. The van der Waals surface area contributed by atoms with Gasteiger partial charge < -0.3 is 15.3 Å². The highest BCUT2D eigenvalue weighted by Crippen LogP contribution is 2.51. The fourth-order valence-electron chi connectivity index (χ4n) is 4.01. The molecule has 3 N–H and O–H groups in total. The van der Waals surface area contributed by atoms with Crippen molar-refractivity contribution in [2.75, 3.05) is 7.05 Å². The highest BCUT2D eigenvalue weighted by atomic mass is 79.9. The van der Waals surface area contributed by atoms with Crippen LogP contribution in [0.3, 0.4) is 0 Å². The van der Waals surface area contributed by atoms with Gasteiger partial charge in [-0.2, -0.15) is 0 Å². The highest BCUT2D eigenvalue weighted by molar-refractivity contribution is 9.10. The van der Waals surface area contributed by atoms with E-state index in [1.165, 1.54) is 37.7 Å². The van der Waals surface area contributed by atoms with E-state index in [1.54, 1.807) is 0 Å². The van der Waals surface area contributed by atoms with Crippen molar-refractivity contribution < 1.29 is 0 Å². The number of benzene rings is 1. The Kier molecular flexibility index (Phi) is 3.97. The lowest BCUT2D eigenvalue weighted by atomic mass is 9.73. The normalized spacial score (nSPS) is 19.2. The van der Waals surface area contributed by atoms with Crippen molar-refractivity contribution in [3.05, 3.63) is 32.7 Å². The molecule has 0 spiro atoms. The fourth-order valence-corrected chi connectivity index (χ4v) is 4.58. The first-order valence-electron chi connectivity index (χ1n) is 7.68. The molecule has 1 fully saturated rings. The van der Waals surface area contributed by atoms with E-state index in [-0.39, 0.29) is 5.69 Å². The number of hydrogen-bond acceptors (Lipinski definition) is 2. The third-order valence-electron chi connectivity index (χ3n) is 5.15. The molecule has 1 aromatic carbocycles. The number of imidazole rings is 1. The van der Waals surface area contributed by atoms with Gasteiger partial charge in [0.15, 0.2) is 0 Å². The summed E-state index contributed by atoms with van der Waals surface area (Å²) < 4.78 is 1.06. The largest absolute Gasteiger partial charge is 0.323 e. The van der Waals surface area contributed by atoms with E-state index in [2.05, 4.69) is 44.2 Å². The predicted octanol–water partition coefficient (Wildman–Crippen LogP) is 3.85. The van der Waals surface area contributed by atoms with Crippen LogP contribution in [0.1, 0.15) is 50.6 Å². The van der Waals surface area contributed by atoms with Gasteiger partial charge in [0.1, 0.15) is 0 Å². The van der Waals surface area contributed by atoms with Crippen LogP contribution in [-0.2, 0) is 0 Å². The number of H-pyrrole nitrogens is 2. The fraction of sp³-hybridized carbons (Fsp3) is 0.562. The molecule has 1 aliphatic carbocycles. The van der Waals surface area contributed by atoms with Crippen LogP contribution in [0.25, 0.3) is 11.0 Å². The van der Waals surface area contributed by atoms with Gasteiger partial charge in [0.05, 0.1) is 11.0 Å². The molecule has 4 nitrogen and oxygen atoms in total. The SMILES string of the molecule is CCC1(C(NC)c2cc3[nH]c(=O)[nH]c3cc2Br)CCCC1. The second-order valence-corrected chi connectivity index (χ2v) is 7.00. The molecular formula is C16H22BrN3O. The average molecular weight is 352 g/mol. The number of fused-ring (bicyclic) bond motifs is 1. The molecular weight excluding hydrogens is 330 g/mol. The molecule has 3 rings (SSSR count). The first kappa shape index (κ1) is 14.9. The molecule has 21 heavy (non-hydrogen) atoms. The van der Waals surface area contributed by atoms with E-state index in [1.807, 2.05) is 13.1 Å². The minimum absolute atomic E-state index is 0.152. The van der Waals surface area contributed by atoms with Crippen LogP contribution in [0.2, 0.25) is 0 Å². The number of nitrogens with one attached hydrogen (secondary N) is 3. The Bertz CT molecular complexity index is 697. The number of aromatic nitrogens is 2. The zero-order valence-electron chi connectivity index (χ0n) is 12.6. The molecule has 1 aliphatic rings. The molecule has 1 unspecified atom stereocenters. The van der Waals surface area contributed by atoms with E-state index < -0.39 is 0 Å². The molecule has 1 aromatic heterocycles. The van der Waals surface area contributed by atoms with Crippen LogP contribution >= 0.6 is 15.9 Å². The zero-order valence-corrected chi connectivity index (χ0v) is 14.1. The summed E-state index contributed by atoms with van der Waals surface area (Å²) in [7, 11) is 2.04. The molecule has 2 aromatic rings. The summed E-state index contributed by atoms with van der Waals surface area (Å²) in [5.74, 6) is 0. The van der Waals surface area contributed by atoms with Crippen LogP contribution in [0.4, 0.5) is 0 Å². The monoisotopic (exact) mass is 351 g/mol. The molecule has 0 amide bonds. The van der Waals surface area contributed by atoms with Gasteiger partial charge in [0.2, 0.25) is 0 Å². The van der Waals surface area contributed by atoms with Crippen LogP contribution in [-0.4, -0.2) is 17.0 Å². The quantitative estimate of drug-likeness (QED) is 0.783. The molecule has 0 aliphatic heterocycles. The van der Waals surface area contributed by atoms with E-state index >= 15 is 0 Å². The molecule has 5 heteroatoms. The Balaban J connectivity index is 2.11. The van der Waals surface area contributed by atoms with Crippen molar-refractivity contribution in [2.45, 2.75) is 45.1 Å².